The van der Waals surface area contributed by atoms with Gasteiger partial charge in [-0.25, -0.2) is 14.1 Å². The summed E-state index contributed by atoms with van der Waals surface area (Å²) in [4.78, 5) is 16.3. The lowest BCUT2D eigenvalue weighted by Gasteiger charge is -2.10. The van der Waals surface area contributed by atoms with Crippen LogP contribution < -0.4 is 5.32 Å². The first-order valence-corrected chi connectivity index (χ1v) is 8.41. The van der Waals surface area contributed by atoms with Crippen LogP contribution in [0.2, 0.25) is 0 Å². The lowest BCUT2D eigenvalue weighted by molar-refractivity contribution is -0.119. The first-order chi connectivity index (χ1) is 12.0. The number of benzene rings is 1. The Hall–Kier alpha value is -2.55. The Balaban J connectivity index is 1.56. The number of nitrogens with one attached hydrogen (secondary N) is 1. The molecule has 0 aliphatic heterocycles. The van der Waals surface area contributed by atoms with Crippen LogP contribution in [-0.4, -0.2) is 30.5 Å². The molecule has 1 aromatic carbocycles. The number of aromatic nitrogens is 5. The molecular weight excluding hydrogens is 391 g/mol. The van der Waals surface area contributed by atoms with Crippen LogP contribution >= 0.6 is 15.9 Å². The predicted octanol–water partition coefficient (Wildman–Crippen LogP) is 2.70. The normalized spacial score (nSPS) is 12.1. The molecule has 0 spiro atoms. The van der Waals surface area contributed by atoms with Crippen molar-refractivity contribution in [3.05, 3.63) is 58.8 Å². The van der Waals surface area contributed by atoms with Crippen molar-refractivity contribution in [1.29, 1.82) is 0 Å². The topological polar surface area (TPSA) is 77.6 Å². The molecule has 25 heavy (non-hydrogen) atoms. The molecule has 130 valence electrons. The quantitative estimate of drug-likeness (QED) is 0.682. The summed E-state index contributed by atoms with van der Waals surface area (Å²) < 4.78 is 17.0. The maximum Gasteiger partial charge on any atom is 0.248 e. The second kappa shape index (κ2) is 7.56. The van der Waals surface area contributed by atoms with Crippen molar-refractivity contribution >= 4 is 27.8 Å². The van der Waals surface area contributed by atoms with Gasteiger partial charge in [-0.05, 0) is 33.6 Å². The lowest BCUT2D eigenvalue weighted by atomic mass is 10.1. The Kier molecular flexibility index (Phi) is 5.22. The number of nitrogens with zero attached hydrogens (tertiary/aromatic N) is 5. The van der Waals surface area contributed by atoms with Gasteiger partial charge in [-0.15, -0.1) is 5.10 Å². The maximum atomic E-state index is 12.9. The van der Waals surface area contributed by atoms with Crippen LogP contribution in [0, 0.1) is 11.7 Å². The van der Waals surface area contributed by atoms with Crippen LogP contribution in [0.1, 0.15) is 12.5 Å². The molecule has 3 rings (SSSR count). The van der Waals surface area contributed by atoms with E-state index in [-0.39, 0.29) is 23.6 Å². The lowest BCUT2D eigenvalue weighted by Crippen LogP contribution is -2.25. The number of hydrogen-bond acceptors (Lipinski definition) is 4. The monoisotopic (exact) mass is 406 g/mol. The Morgan fingerprint density at radius 1 is 1.32 bits per heavy atom. The second-order valence-electron chi connectivity index (χ2n) is 5.66. The molecule has 0 fully saturated rings. The van der Waals surface area contributed by atoms with Crippen molar-refractivity contribution in [2.45, 2.75) is 20.0 Å². The first kappa shape index (κ1) is 17.3. The van der Waals surface area contributed by atoms with E-state index in [1.165, 1.54) is 18.5 Å². The minimum Gasteiger partial charge on any atom is -0.293 e. The van der Waals surface area contributed by atoms with E-state index in [1.54, 1.807) is 40.8 Å². The molecule has 1 atom stereocenters. The highest BCUT2D eigenvalue weighted by Gasteiger charge is 2.16. The number of carbonyl (C=O) groups excluding carboxylic acids is 1. The van der Waals surface area contributed by atoms with Crippen LogP contribution in [-0.2, 0) is 17.9 Å². The smallest absolute Gasteiger partial charge is 0.248 e. The Bertz CT molecular complexity index is 860. The molecule has 0 aliphatic rings. The van der Waals surface area contributed by atoms with Crippen molar-refractivity contribution in [3.63, 3.8) is 0 Å². The molecule has 1 N–H and O–H groups in total. The molecule has 0 saturated heterocycles. The van der Waals surface area contributed by atoms with E-state index in [9.17, 15) is 9.18 Å². The SMILES string of the molecule is CC(Cn1cc(Br)cn1)C(=O)Nc1ncn(Cc2ccc(F)cc2)n1. The highest BCUT2D eigenvalue weighted by molar-refractivity contribution is 9.10. The summed E-state index contributed by atoms with van der Waals surface area (Å²) in [5.41, 5.74) is 0.891. The third kappa shape index (κ3) is 4.72. The fourth-order valence-corrected chi connectivity index (χ4v) is 2.57. The number of rotatable bonds is 6. The largest absolute Gasteiger partial charge is 0.293 e. The van der Waals surface area contributed by atoms with Gasteiger partial charge in [0.15, 0.2) is 0 Å². The van der Waals surface area contributed by atoms with Gasteiger partial charge in [-0.2, -0.15) is 5.10 Å². The molecule has 3 aromatic rings. The van der Waals surface area contributed by atoms with E-state index in [2.05, 4.69) is 36.4 Å². The van der Waals surface area contributed by atoms with Gasteiger partial charge in [0, 0.05) is 6.20 Å². The summed E-state index contributed by atoms with van der Waals surface area (Å²) in [5, 5.41) is 11.0. The van der Waals surface area contributed by atoms with Crippen LogP contribution in [0.4, 0.5) is 10.3 Å². The number of carbonyl (C=O) groups is 1. The van der Waals surface area contributed by atoms with Gasteiger partial charge in [0.1, 0.15) is 12.1 Å². The molecule has 7 nitrogen and oxygen atoms in total. The maximum absolute atomic E-state index is 12.9. The molecule has 0 bridgehead atoms. The van der Waals surface area contributed by atoms with Gasteiger partial charge >= 0.3 is 0 Å². The van der Waals surface area contributed by atoms with Gasteiger partial charge in [0.2, 0.25) is 11.9 Å². The zero-order valence-corrected chi connectivity index (χ0v) is 15.0. The Morgan fingerprint density at radius 3 is 2.76 bits per heavy atom. The number of amides is 1. The summed E-state index contributed by atoms with van der Waals surface area (Å²) in [6.45, 7) is 2.70. The predicted molar refractivity (Wildman–Crippen MR) is 93.2 cm³/mol. The third-order valence-corrected chi connectivity index (χ3v) is 3.95. The molecule has 0 saturated carbocycles. The standard InChI is InChI=1S/C16H16BrFN6O/c1-11(7-23-9-13(17)6-20-23)15(25)21-16-19-10-24(22-16)8-12-2-4-14(18)5-3-12/h2-6,9-11H,7-8H2,1H3,(H,21,22,25). The summed E-state index contributed by atoms with van der Waals surface area (Å²) in [6.07, 6.45) is 5.00. The molecule has 9 heteroatoms. The Labute approximate surface area is 152 Å². The van der Waals surface area contributed by atoms with Gasteiger partial charge in [0.05, 0.1) is 29.7 Å². The average Bonchev–Trinajstić information content (AvgIpc) is 3.18. The summed E-state index contributed by atoms with van der Waals surface area (Å²) in [5.74, 6) is -0.531. The third-order valence-electron chi connectivity index (χ3n) is 3.54. The molecule has 2 heterocycles. The Morgan fingerprint density at radius 2 is 2.08 bits per heavy atom. The van der Waals surface area contributed by atoms with E-state index in [0.717, 1.165) is 10.0 Å². The van der Waals surface area contributed by atoms with E-state index in [4.69, 9.17) is 0 Å². The summed E-state index contributed by atoms with van der Waals surface area (Å²) in [7, 11) is 0. The van der Waals surface area contributed by atoms with Gasteiger partial charge in [-0.3, -0.25) is 14.8 Å². The van der Waals surface area contributed by atoms with Crippen molar-refractivity contribution < 1.29 is 9.18 Å². The number of halogens is 2. The molecule has 1 amide bonds. The fraction of sp³-hybridized carbons (Fsp3) is 0.250. The zero-order chi connectivity index (χ0) is 17.8. The molecular formula is C16H16BrFN6O. The van der Waals surface area contributed by atoms with Gasteiger partial charge in [0.25, 0.3) is 0 Å². The zero-order valence-electron chi connectivity index (χ0n) is 13.4. The van der Waals surface area contributed by atoms with Gasteiger partial charge < -0.3 is 0 Å². The molecule has 1 unspecified atom stereocenters. The van der Waals surface area contributed by atoms with Crippen LogP contribution in [0.15, 0.2) is 47.5 Å². The van der Waals surface area contributed by atoms with E-state index in [0.29, 0.717) is 13.1 Å². The molecule has 0 aliphatic carbocycles. The number of hydrogen-bond donors (Lipinski definition) is 1. The molecule has 2 aromatic heterocycles. The van der Waals surface area contributed by atoms with Crippen molar-refractivity contribution in [2.75, 3.05) is 5.32 Å². The summed E-state index contributed by atoms with van der Waals surface area (Å²) >= 11 is 3.32. The van der Waals surface area contributed by atoms with Crippen molar-refractivity contribution in [2.24, 2.45) is 5.92 Å². The molecule has 0 radical (unpaired) electrons. The van der Waals surface area contributed by atoms with E-state index < -0.39 is 0 Å². The van der Waals surface area contributed by atoms with Crippen molar-refractivity contribution in [1.82, 2.24) is 24.5 Å². The van der Waals surface area contributed by atoms with Gasteiger partial charge in [-0.1, -0.05) is 19.1 Å². The number of anilines is 1. The van der Waals surface area contributed by atoms with Crippen molar-refractivity contribution in [3.8, 4) is 0 Å². The fourth-order valence-electron chi connectivity index (χ4n) is 2.24. The average molecular weight is 407 g/mol. The van der Waals surface area contributed by atoms with Crippen LogP contribution in [0.25, 0.3) is 0 Å². The first-order valence-electron chi connectivity index (χ1n) is 7.62. The minimum absolute atomic E-state index is 0.189. The van der Waals surface area contributed by atoms with Crippen LogP contribution in [0.5, 0.6) is 0 Å². The minimum atomic E-state index is -0.296. The van der Waals surface area contributed by atoms with E-state index >= 15 is 0 Å². The second-order valence-corrected chi connectivity index (χ2v) is 6.58. The van der Waals surface area contributed by atoms with E-state index in [1.807, 2.05) is 0 Å². The summed E-state index contributed by atoms with van der Waals surface area (Å²) in [6, 6.07) is 6.15. The van der Waals surface area contributed by atoms with Crippen LogP contribution in [0.3, 0.4) is 0 Å². The highest BCUT2D eigenvalue weighted by Crippen LogP contribution is 2.10. The highest BCUT2D eigenvalue weighted by atomic mass is 79.9.